The van der Waals surface area contributed by atoms with Crippen molar-refractivity contribution in [1.82, 2.24) is 4.90 Å². The summed E-state index contributed by atoms with van der Waals surface area (Å²) >= 11 is 0. The SMILES string of the molecule is NCCN(CC(N)=O)C(=O)Cc1ccccc1. The zero-order valence-corrected chi connectivity index (χ0v) is 9.63. The van der Waals surface area contributed by atoms with Crippen LogP contribution in [0.4, 0.5) is 0 Å². The second kappa shape index (κ2) is 6.65. The van der Waals surface area contributed by atoms with Gasteiger partial charge in [0.2, 0.25) is 11.8 Å². The second-order valence-corrected chi connectivity index (χ2v) is 3.73. The molecule has 0 spiro atoms. The van der Waals surface area contributed by atoms with Crippen LogP contribution in [0, 0.1) is 0 Å². The predicted molar refractivity (Wildman–Crippen MR) is 65.0 cm³/mol. The average molecular weight is 235 g/mol. The molecule has 92 valence electrons. The Morgan fingerprint density at radius 1 is 1.18 bits per heavy atom. The largest absolute Gasteiger partial charge is 0.368 e. The highest BCUT2D eigenvalue weighted by molar-refractivity contribution is 5.85. The molecular weight excluding hydrogens is 218 g/mol. The molecule has 1 rings (SSSR count). The zero-order chi connectivity index (χ0) is 12.7. The number of benzene rings is 1. The minimum Gasteiger partial charge on any atom is -0.368 e. The summed E-state index contributed by atoms with van der Waals surface area (Å²) in [7, 11) is 0. The summed E-state index contributed by atoms with van der Waals surface area (Å²) in [6, 6.07) is 9.34. The van der Waals surface area contributed by atoms with Gasteiger partial charge in [-0.2, -0.15) is 0 Å². The van der Waals surface area contributed by atoms with E-state index < -0.39 is 5.91 Å². The van der Waals surface area contributed by atoms with E-state index in [1.807, 2.05) is 30.3 Å². The Hall–Kier alpha value is -1.88. The molecule has 1 aromatic rings. The van der Waals surface area contributed by atoms with Gasteiger partial charge < -0.3 is 16.4 Å². The molecule has 2 amide bonds. The van der Waals surface area contributed by atoms with Crippen molar-refractivity contribution in [2.24, 2.45) is 11.5 Å². The molecule has 5 heteroatoms. The van der Waals surface area contributed by atoms with Crippen molar-refractivity contribution in [3.8, 4) is 0 Å². The van der Waals surface area contributed by atoms with E-state index in [1.54, 1.807) is 0 Å². The third-order valence-electron chi connectivity index (χ3n) is 2.30. The van der Waals surface area contributed by atoms with E-state index in [0.29, 0.717) is 13.1 Å². The van der Waals surface area contributed by atoms with Crippen LogP contribution in [0.3, 0.4) is 0 Å². The highest BCUT2D eigenvalue weighted by Crippen LogP contribution is 2.02. The van der Waals surface area contributed by atoms with Crippen molar-refractivity contribution in [3.63, 3.8) is 0 Å². The zero-order valence-electron chi connectivity index (χ0n) is 9.63. The third kappa shape index (κ3) is 4.65. The monoisotopic (exact) mass is 235 g/mol. The maximum atomic E-state index is 11.9. The molecule has 0 atom stereocenters. The van der Waals surface area contributed by atoms with Gasteiger partial charge in [0.25, 0.3) is 0 Å². The van der Waals surface area contributed by atoms with E-state index in [1.165, 1.54) is 4.90 Å². The molecule has 1 aromatic carbocycles. The predicted octanol–water partition coefficient (Wildman–Crippen LogP) is -0.498. The van der Waals surface area contributed by atoms with Gasteiger partial charge in [-0.15, -0.1) is 0 Å². The van der Waals surface area contributed by atoms with Gasteiger partial charge in [-0.3, -0.25) is 9.59 Å². The van der Waals surface area contributed by atoms with Crippen LogP contribution in [0.1, 0.15) is 5.56 Å². The first kappa shape index (κ1) is 13.2. The number of nitrogens with zero attached hydrogens (tertiary/aromatic N) is 1. The van der Waals surface area contributed by atoms with E-state index in [0.717, 1.165) is 5.56 Å². The number of carbonyl (C=O) groups excluding carboxylic acids is 2. The summed E-state index contributed by atoms with van der Waals surface area (Å²) in [5.74, 6) is -0.666. The molecule has 0 radical (unpaired) electrons. The van der Waals surface area contributed by atoms with Crippen molar-refractivity contribution in [2.75, 3.05) is 19.6 Å². The summed E-state index contributed by atoms with van der Waals surface area (Å²) in [5.41, 5.74) is 11.4. The Balaban J connectivity index is 2.62. The lowest BCUT2D eigenvalue weighted by Gasteiger charge is -2.20. The summed E-state index contributed by atoms with van der Waals surface area (Å²) in [6.45, 7) is 0.575. The van der Waals surface area contributed by atoms with Crippen LogP contribution in [-0.2, 0) is 16.0 Å². The first-order valence-corrected chi connectivity index (χ1v) is 5.43. The van der Waals surface area contributed by atoms with Crippen LogP contribution >= 0.6 is 0 Å². The molecule has 0 bridgehead atoms. The summed E-state index contributed by atoms with van der Waals surface area (Å²) in [6.07, 6.45) is 0.258. The number of nitrogens with two attached hydrogens (primary N) is 2. The maximum Gasteiger partial charge on any atom is 0.237 e. The normalized spacial score (nSPS) is 9.94. The van der Waals surface area contributed by atoms with Gasteiger partial charge in [-0.05, 0) is 5.56 Å². The molecule has 0 aliphatic carbocycles. The van der Waals surface area contributed by atoms with Crippen LogP contribution < -0.4 is 11.5 Å². The first-order chi connectivity index (χ1) is 8.13. The molecular formula is C12H17N3O2. The summed E-state index contributed by atoms with van der Waals surface area (Å²) < 4.78 is 0. The molecule has 0 aromatic heterocycles. The topological polar surface area (TPSA) is 89.4 Å². The van der Waals surface area contributed by atoms with Crippen molar-refractivity contribution in [1.29, 1.82) is 0 Å². The van der Waals surface area contributed by atoms with Gasteiger partial charge in [0.15, 0.2) is 0 Å². The molecule has 0 saturated heterocycles. The number of hydrogen-bond acceptors (Lipinski definition) is 3. The van der Waals surface area contributed by atoms with Gasteiger partial charge in [-0.25, -0.2) is 0 Å². The van der Waals surface area contributed by atoms with Crippen molar-refractivity contribution < 1.29 is 9.59 Å². The van der Waals surface area contributed by atoms with E-state index in [9.17, 15) is 9.59 Å². The molecule has 0 heterocycles. The Morgan fingerprint density at radius 2 is 1.82 bits per heavy atom. The van der Waals surface area contributed by atoms with Crippen LogP contribution in [0.5, 0.6) is 0 Å². The lowest BCUT2D eigenvalue weighted by atomic mass is 10.1. The number of hydrogen-bond donors (Lipinski definition) is 2. The van der Waals surface area contributed by atoms with Crippen molar-refractivity contribution in [3.05, 3.63) is 35.9 Å². The van der Waals surface area contributed by atoms with Crippen LogP contribution in [0.2, 0.25) is 0 Å². The van der Waals surface area contributed by atoms with Crippen molar-refractivity contribution >= 4 is 11.8 Å². The van der Waals surface area contributed by atoms with E-state index >= 15 is 0 Å². The lowest BCUT2D eigenvalue weighted by Crippen LogP contribution is -2.42. The van der Waals surface area contributed by atoms with Gasteiger partial charge in [0.05, 0.1) is 13.0 Å². The fraction of sp³-hybridized carbons (Fsp3) is 0.333. The van der Waals surface area contributed by atoms with E-state index in [2.05, 4.69) is 0 Å². The van der Waals surface area contributed by atoms with Gasteiger partial charge >= 0.3 is 0 Å². The molecule has 0 saturated carbocycles. The van der Waals surface area contributed by atoms with Crippen molar-refractivity contribution in [2.45, 2.75) is 6.42 Å². The quantitative estimate of drug-likeness (QED) is 0.696. The lowest BCUT2D eigenvalue weighted by molar-refractivity contribution is -0.134. The molecule has 0 aliphatic heterocycles. The fourth-order valence-corrected chi connectivity index (χ4v) is 1.52. The molecule has 0 aliphatic rings. The Bertz CT molecular complexity index is 379. The maximum absolute atomic E-state index is 11.9. The standard InChI is InChI=1S/C12H17N3O2/c13-6-7-15(9-11(14)16)12(17)8-10-4-2-1-3-5-10/h1-5H,6-9,13H2,(H2,14,16). The third-order valence-corrected chi connectivity index (χ3v) is 2.30. The Kier molecular flexibility index (Phi) is 5.16. The van der Waals surface area contributed by atoms with Gasteiger partial charge in [0.1, 0.15) is 0 Å². The second-order valence-electron chi connectivity index (χ2n) is 3.73. The molecule has 0 unspecified atom stereocenters. The minimum atomic E-state index is -0.528. The van der Waals surface area contributed by atoms with Crippen LogP contribution in [-0.4, -0.2) is 36.3 Å². The number of primary amides is 1. The highest BCUT2D eigenvalue weighted by atomic mass is 16.2. The number of carbonyl (C=O) groups is 2. The highest BCUT2D eigenvalue weighted by Gasteiger charge is 2.15. The number of amides is 2. The molecule has 0 fully saturated rings. The first-order valence-electron chi connectivity index (χ1n) is 5.43. The van der Waals surface area contributed by atoms with Crippen LogP contribution in [0.15, 0.2) is 30.3 Å². The number of rotatable bonds is 6. The molecule has 17 heavy (non-hydrogen) atoms. The molecule has 4 N–H and O–H groups in total. The average Bonchev–Trinajstić information content (AvgIpc) is 2.29. The smallest absolute Gasteiger partial charge is 0.237 e. The minimum absolute atomic E-state index is 0.0805. The van der Waals surface area contributed by atoms with E-state index in [4.69, 9.17) is 11.5 Å². The Labute approximate surface area is 100 Å². The fourth-order valence-electron chi connectivity index (χ4n) is 1.52. The molecule has 5 nitrogen and oxygen atoms in total. The summed E-state index contributed by atoms with van der Waals surface area (Å²) in [5, 5.41) is 0. The van der Waals surface area contributed by atoms with Gasteiger partial charge in [0, 0.05) is 13.1 Å². The van der Waals surface area contributed by atoms with Gasteiger partial charge in [-0.1, -0.05) is 30.3 Å². The Morgan fingerprint density at radius 3 is 2.35 bits per heavy atom. The summed E-state index contributed by atoms with van der Waals surface area (Å²) in [4.78, 5) is 24.1. The van der Waals surface area contributed by atoms with E-state index in [-0.39, 0.29) is 18.9 Å². The van der Waals surface area contributed by atoms with Crippen LogP contribution in [0.25, 0.3) is 0 Å².